The van der Waals surface area contributed by atoms with Gasteiger partial charge in [0.25, 0.3) is 0 Å². The van der Waals surface area contributed by atoms with Crippen LogP contribution in [-0.4, -0.2) is 58.1 Å². The van der Waals surface area contributed by atoms with Crippen LogP contribution < -0.4 is 0 Å². The summed E-state index contributed by atoms with van der Waals surface area (Å²) in [5, 5.41) is 4.86. The highest BCUT2D eigenvalue weighted by Crippen LogP contribution is 2.20. The fourth-order valence-electron chi connectivity index (χ4n) is 2.86. The van der Waals surface area contributed by atoms with Gasteiger partial charge in [0.1, 0.15) is 6.33 Å². The molecule has 0 radical (unpaired) electrons. The van der Waals surface area contributed by atoms with Gasteiger partial charge in [-0.05, 0) is 50.3 Å². The zero-order chi connectivity index (χ0) is 18.9. The molecular formula is C16H22ClN5O2S2. The monoisotopic (exact) mass is 415 g/mol. The summed E-state index contributed by atoms with van der Waals surface area (Å²) in [6, 6.07) is 6.54. The molecule has 0 bridgehead atoms. The number of nitrogens with zero attached hydrogens (tertiary/aromatic N) is 5. The molecule has 2 aromatic rings. The lowest BCUT2D eigenvalue weighted by molar-refractivity contribution is 0.144. The van der Waals surface area contributed by atoms with E-state index in [4.69, 9.17) is 23.8 Å². The number of hydrogen-bond donors (Lipinski definition) is 0. The average molecular weight is 416 g/mol. The number of benzene rings is 1. The zero-order valence-corrected chi connectivity index (χ0v) is 17.1. The molecule has 142 valence electrons. The summed E-state index contributed by atoms with van der Waals surface area (Å²) < 4.78 is 31.4. The maximum absolute atomic E-state index is 12.7. The van der Waals surface area contributed by atoms with Gasteiger partial charge in [0, 0.05) is 37.2 Å². The van der Waals surface area contributed by atoms with Crippen LogP contribution in [0.4, 0.5) is 0 Å². The van der Waals surface area contributed by atoms with Crippen LogP contribution in [0.15, 0.2) is 35.5 Å². The van der Waals surface area contributed by atoms with Gasteiger partial charge < -0.3 is 4.57 Å². The fourth-order valence-corrected chi connectivity index (χ4v) is 4.77. The highest BCUT2D eigenvalue weighted by atomic mass is 35.5. The standard InChI is InChI=1S/C16H22ClN5O2S2/c1-13(2)21-11-18-22(16(21)25)12-19-7-9-20(10-8-19)26(23,24)15-5-3-14(17)4-6-15/h3-6,11,13H,7-10,12H2,1-2H3. The van der Waals surface area contributed by atoms with Crippen LogP contribution in [0.1, 0.15) is 19.9 Å². The molecule has 1 fully saturated rings. The summed E-state index contributed by atoms with van der Waals surface area (Å²) in [6.45, 7) is 6.80. The van der Waals surface area contributed by atoms with E-state index in [9.17, 15) is 8.42 Å². The summed E-state index contributed by atoms with van der Waals surface area (Å²) in [6.07, 6.45) is 1.74. The predicted molar refractivity (Wildman–Crippen MR) is 103 cm³/mol. The molecule has 2 heterocycles. The molecule has 0 spiro atoms. The summed E-state index contributed by atoms with van der Waals surface area (Å²) in [5.41, 5.74) is 0. The van der Waals surface area contributed by atoms with Crippen molar-refractivity contribution in [3.63, 3.8) is 0 Å². The highest BCUT2D eigenvalue weighted by molar-refractivity contribution is 7.89. The maximum Gasteiger partial charge on any atom is 0.243 e. The summed E-state index contributed by atoms with van der Waals surface area (Å²) in [7, 11) is -3.49. The van der Waals surface area contributed by atoms with Crippen molar-refractivity contribution in [2.75, 3.05) is 26.2 Å². The van der Waals surface area contributed by atoms with E-state index in [0.29, 0.717) is 42.6 Å². The first-order chi connectivity index (χ1) is 12.3. The maximum atomic E-state index is 12.7. The molecule has 0 aliphatic carbocycles. The third kappa shape index (κ3) is 4.01. The van der Waals surface area contributed by atoms with E-state index in [1.165, 1.54) is 4.31 Å². The molecule has 1 aromatic carbocycles. The minimum atomic E-state index is -3.49. The first kappa shape index (κ1) is 19.5. The zero-order valence-electron chi connectivity index (χ0n) is 14.7. The van der Waals surface area contributed by atoms with Crippen LogP contribution in [0.2, 0.25) is 5.02 Å². The summed E-state index contributed by atoms with van der Waals surface area (Å²) >= 11 is 11.3. The average Bonchev–Trinajstić information content (AvgIpc) is 2.97. The van der Waals surface area contributed by atoms with Crippen molar-refractivity contribution in [3.8, 4) is 0 Å². The molecule has 26 heavy (non-hydrogen) atoms. The number of halogens is 1. The van der Waals surface area contributed by atoms with E-state index in [1.807, 2.05) is 4.57 Å². The SMILES string of the molecule is CC(C)n1cnn(CN2CCN(S(=O)(=O)c3ccc(Cl)cc3)CC2)c1=S. The molecular weight excluding hydrogens is 394 g/mol. The molecule has 3 rings (SSSR count). The van der Waals surface area contributed by atoms with Gasteiger partial charge in [-0.2, -0.15) is 9.40 Å². The predicted octanol–water partition coefficient (Wildman–Crippen LogP) is 2.61. The van der Waals surface area contributed by atoms with Gasteiger partial charge in [-0.1, -0.05) is 11.6 Å². The Bertz CT molecular complexity index is 913. The van der Waals surface area contributed by atoms with E-state index >= 15 is 0 Å². The van der Waals surface area contributed by atoms with Crippen LogP contribution in [0.25, 0.3) is 0 Å². The smallest absolute Gasteiger partial charge is 0.243 e. The Balaban J connectivity index is 1.64. The topological polar surface area (TPSA) is 63.4 Å². The number of sulfonamides is 1. The van der Waals surface area contributed by atoms with E-state index < -0.39 is 10.0 Å². The highest BCUT2D eigenvalue weighted by Gasteiger charge is 2.28. The Morgan fingerprint density at radius 2 is 1.77 bits per heavy atom. The second kappa shape index (κ2) is 7.77. The fraction of sp³-hybridized carbons (Fsp3) is 0.500. The van der Waals surface area contributed by atoms with Gasteiger partial charge in [-0.15, -0.1) is 0 Å². The quantitative estimate of drug-likeness (QED) is 0.702. The summed E-state index contributed by atoms with van der Waals surface area (Å²) in [5.74, 6) is 0. The van der Waals surface area contributed by atoms with Gasteiger partial charge in [-0.25, -0.2) is 13.1 Å². The van der Waals surface area contributed by atoms with Crippen molar-refractivity contribution in [3.05, 3.63) is 40.4 Å². The first-order valence-corrected chi connectivity index (χ1v) is 10.6. The Kier molecular flexibility index (Phi) is 5.83. The van der Waals surface area contributed by atoms with Crippen LogP contribution in [0, 0.1) is 4.77 Å². The van der Waals surface area contributed by atoms with E-state index in [1.54, 1.807) is 35.3 Å². The van der Waals surface area contributed by atoms with Gasteiger partial charge in [0.2, 0.25) is 10.0 Å². The molecule has 0 saturated carbocycles. The van der Waals surface area contributed by atoms with Crippen molar-refractivity contribution in [1.29, 1.82) is 0 Å². The molecule has 1 aliphatic heterocycles. The Morgan fingerprint density at radius 1 is 1.15 bits per heavy atom. The number of aromatic nitrogens is 3. The van der Waals surface area contributed by atoms with Crippen LogP contribution in [0.5, 0.6) is 0 Å². The lowest BCUT2D eigenvalue weighted by Crippen LogP contribution is -2.48. The minimum Gasteiger partial charge on any atom is -0.304 e. The Hall–Kier alpha value is -1.26. The third-order valence-corrected chi connectivity index (χ3v) is 7.02. The van der Waals surface area contributed by atoms with Gasteiger partial charge >= 0.3 is 0 Å². The van der Waals surface area contributed by atoms with E-state index in [0.717, 1.165) is 0 Å². The molecule has 1 aliphatic rings. The number of rotatable bonds is 5. The number of hydrogen-bond acceptors (Lipinski definition) is 5. The van der Waals surface area contributed by atoms with Gasteiger partial charge in [0.15, 0.2) is 4.77 Å². The van der Waals surface area contributed by atoms with Crippen molar-refractivity contribution in [2.45, 2.75) is 31.5 Å². The Morgan fingerprint density at radius 3 is 2.31 bits per heavy atom. The lowest BCUT2D eigenvalue weighted by Gasteiger charge is -2.33. The third-order valence-electron chi connectivity index (χ3n) is 4.43. The minimum absolute atomic E-state index is 0.262. The van der Waals surface area contributed by atoms with Crippen LogP contribution >= 0.6 is 23.8 Å². The van der Waals surface area contributed by atoms with Crippen molar-refractivity contribution >= 4 is 33.8 Å². The Labute approximate surface area is 163 Å². The molecule has 0 atom stereocenters. The molecule has 7 nitrogen and oxygen atoms in total. The van der Waals surface area contributed by atoms with Gasteiger partial charge in [0.05, 0.1) is 11.6 Å². The normalized spacial score (nSPS) is 17.1. The molecule has 0 N–H and O–H groups in total. The summed E-state index contributed by atoms with van der Waals surface area (Å²) in [4.78, 5) is 2.43. The van der Waals surface area contributed by atoms with E-state index in [-0.39, 0.29) is 10.9 Å². The molecule has 10 heteroatoms. The van der Waals surface area contributed by atoms with Gasteiger partial charge in [-0.3, -0.25) is 4.90 Å². The molecule has 1 saturated heterocycles. The first-order valence-electron chi connectivity index (χ1n) is 8.41. The molecule has 0 amide bonds. The lowest BCUT2D eigenvalue weighted by atomic mass is 10.4. The molecule has 1 aromatic heterocycles. The van der Waals surface area contributed by atoms with E-state index in [2.05, 4.69) is 23.8 Å². The van der Waals surface area contributed by atoms with Crippen molar-refractivity contribution < 1.29 is 8.42 Å². The number of piperazine rings is 1. The van der Waals surface area contributed by atoms with Crippen LogP contribution in [-0.2, 0) is 16.7 Å². The second-order valence-corrected chi connectivity index (χ2v) is 9.27. The largest absolute Gasteiger partial charge is 0.304 e. The van der Waals surface area contributed by atoms with Crippen LogP contribution in [0.3, 0.4) is 0 Å². The van der Waals surface area contributed by atoms with Crippen molar-refractivity contribution in [2.24, 2.45) is 0 Å². The molecule has 0 unspecified atom stereocenters. The van der Waals surface area contributed by atoms with Crippen molar-refractivity contribution in [1.82, 2.24) is 23.6 Å². The second-order valence-electron chi connectivity index (χ2n) is 6.53.